The topological polar surface area (TPSA) is 85.6 Å². The zero-order chi connectivity index (χ0) is 25.2. The van der Waals surface area contributed by atoms with Crippen LogP contribution >= 0.6 is 0 Å². The molecule has 0 atom stereocenters. The fourth-order valence-corrected chi connectivity index (χ4v) is 3.75. The van der Waals surface area contributed by atoms with Crippen LogP contribution < -0.4 is 14.8 Å². The summed E-state index contributed by atoms with van der Waals surface area (Å²) >= 11 is 0. The molecule has 0 unspecified atom stereocenters. The maximum atomic E-state index is 13.7. The average Bonchev–Trinajstić information content (AvgIpc) is 3.23. The van der Waals surface area contributed by atoms with Crippen LogP contribution in [0.5, 0.6) is 11.5 Å². The van der Waals surface area contributed by atoms with Crippen molar-refractivity contribution in [3.8, 4) is 17.2 Å². The third-order valence-corrected chi connectivity index (χ3v) is 5.38. The summed E-state index contributed by atoms with van der Waals surface area (Å²) in [5.41, 5.74) is 2.20. The molecular weight excluding hydrogens is 463 g/mol. The smallest absolute Gasteiger partial charge is 0.450 e. The molecule has 35 heavy (non-hydrogen) atoms. The van der Waals surface area contributed by atoms with Gasteiger partial charge in [0.05, 0.1) is 38.3 Å². The number of alkyl halides is 3. The number of fused-ring (bicyclic) bond motifs is 1. The number of nitrogens with one attached hydrogen (secondary N) is 1. The first kappa shape index (κ1) is 24.1. The Kier molecular flexibility index (Phi) is 6.65. The Morgan fingerprint density at radius 2 is 1.66 bits per heavy atom. The Labute approximate surface area is 198 Å². The molecule has 0 radical (unpaired) electrons. The molecule has 1 aromatic heterocycles. The largest absolute Gasteiger partial charge is 0.493 e. The van der Waals surface area contributed by atoms with Gasteiger partial charge >= 0.3 is 6.18 Å². The number of amides is 1. The summed E-state index contributed by atoms with van der Waals surface area (Å²) in [7, 11) is 3.02. The van der Waals surface area contributed by atoms with Crippen LogP contribution in [0.15, 0.2) is 60.7 Å². The van der Waals surface area contributed by atoms with Gasteiger partial charge in [0.2, 0.25) is 11.7 Å². The van der Waals surface area contributed by atoms with E-state index in [9.17, 15) is 23.1 Å². The standard InChI is InChI=1S/C25H22F3N3O4/c1-34-21-10-4-15(12-22(21)35-2)13-23(33)29-17-5-7-18(8-6-17)31-20-9-3-16(14-32)11-19(20)30-24(31)25(26,27)28/h3-12,32H,13-14H2,1-2H3,(H,29,33). The number of aliphatic hydroxyl groups excluding tert-OH is 1. The minimum atomic E-state index is -4.69. The number of nitrogens with zero attached hydrogens (tertiary/aromatic N) is 2. The molecule has 1 heterocycles. The Morgan fingerprint density at radius 1 is 0.971 bits per heavy atom. The van der Waals surface area contributed by atoms with Gasteiger partial charge < -0.3 is 19.9 Å². The third-order valence-electron chi connectivity index (χ3n) is 5.38. The molecule has 0 aliphatic heterocycles. The van der Waals surface area contributed by atoms with E-state index in [0.29, 0.717) is 28.3 Å². The van der Waals surface area contributed by atoms with E-state index in [1.165, 1.54) is 50.6 Å². The second-order valence-electron chi connectivity index (χ2n) is 7.71. The number of anilines is 1. The van der Waals surface area contributed by atoms with Gasteiger partial charge in [0.1, 0.15) is 0 Å². The summed E-state index contributed by atoms with van der Waals surface area (Å²) in [4.78, 5) is 16.3. The van der Waals surface area contributed by atoms with E-state index < -0.39 is 12.0 Å². The number of halogens is 3. The van der Waals surface area contributed by atoms with Gasteiger partial charge in [-0.25, -0.2) is 4.98 Å². The summed E-state index contributed by atoms with van der Waals surface area (Å²) in [5.74, 6) is -0.329. The molecule has 4 rings (SSSR count). The predicted molar refractivity (Wildman–Crippen MR) is 124 cm³/mol. The van der Waals surface area contributed by atoms with Crippen molar-refractivity contribution in [3.05, 3.63) is 77.6 Å². The summed E-state index contributed by atoms with van der Waals surface area (Å²) in [6.45, 7) is -0.304. The number of methoxy groups -OCH3 is 2. The molecule has 0 spiro atoms. The number of aromatic nitrogens is 2. The molecule has 0 aliphatic carbocycles. The van der Waals surface area contributed by atoms with E-state index in [4.69, 9.17) is 9.47 Å². The van der Waals surface area contributed by atoms with Crippen LogP contribution in [0.25, 0.3) is 16.7 Å². The maximum Gasteiger partial charge on any atom is 0.450 e. The molecule has 0 saturated carbocycles. The normalized spacial score (nSPS) is 11.5. The summed E-state index contributed by atoms with van der Waals surface area (Å²) < 4.78 is 52.6. The molecule has 1 amide bonds. The number of benzene rings is 3. The SMILES string of the molecule is COc1ccc(CC(=O)Nc2ccc(-n3c(C(F)(F)F)nc4cc(CO)ccc43)cc2)cc1OC. The van der Waals surface area contributed by atoms with E-state index in [0.717, 1.165) is 4.57 Å². The van der Waals surface area contributed by atoms with E-state index in [1.54, 1.807) is 24.3 Å². The molecule has 7 nitrogen and oxygen atoms in total. The number of ether oxygens (including phenoxy) is 2. The number of rotatable bonds is 7. The first-order valence-electron chi connectivity index (χ1n) is 10.5. The van der Waals surface area contributed by atoms with E-state index in [2.05, 4.69) is 10.3 Å². The summed E-state index contributed by atoms with van der Waals surface area (Å²) in [5, 5.41) is 12.0. The lowest BCUT2D eigenvalue weighted by molar-refractivity contribution is -0.145. The van der Waals surface area contributed by atoms with Crippen LogP contribution in [0.3, 0.4) is 0 Å². The van der Waals surface area contributed by atoms with E-state index >= 15 is 0 Å². The van der Waals surface area contributed by atoms with Gasteiger partial charge in [0.25, 0.3) is 0 Å². The van der Waals surface area contributed by atoms with Crippen LogP contribution in [-0.4, -0.2) is 34.8 Å². The molecule has 0 saturated heterocycles. The van der Waals surface area contributed by atoms with Crippen molar-refractivity contribution in [3.63, 3.8) is 0 Å². The van der Waals surface area contributed by atoms with Gasteiger partial charge in [0.15, 0.2) is 11.5 Å². The molecular formula is C25H22F3N3O4. The predicted octanol–water partition coefficient (Wildman–Crippen LogP) is 4.74. The highest BCUT2D eigenvalue weighted by atomic mass is 19.4. The van der Waals surface area contributed by atoms with Crippen molar-refractivity contribution >= 4 is 22.6 Å². The van der Waals surface area contributed by atoms with E-state index in [-0.39, 0.29) is 35.7 Å². The lowest BCUT2D eigenvalue weighted by Gasteiger charge is -2.13. The van der Waals surface area contributed by atoms with Crippen molar-refractivity contribution in [2.75, 3.05) is 19.5 Å². The first-order chi connectivity index (χ1) is 16.7. The zero-order valence-electron chi connectivity index (χ0n) is 18.9. The maximum absolute atomic E-state index is 13.7. The summed E-state index contributed by atoms with van der Waals surface area (Å²) in [6.07, 6.45) is -4.62. The third kappa shape index (κ3) is 5.07. The quantitative estimate of drug-likeness (QED) is 0.395. The lowest BCUT2D eigenvalue weighted by Crippen LogP contribution is -2.15. The Morgan fingerprint density at radius 3 is 2.29 bits per heavy atom. The number of carbonyl (C=O) groups excluding carboxylic acids is 1. The number of hydrogen-bond donors (Lipinski definition) is 2. The minimum absolute atomic E-state index is 0.0691. The first-order valence-corrected chi connectivity index (χ1v) is 10.5. The van der Waals surface area contributed by atoms with Gasteiger partial charge in [-0.3, -0.25) is 9.36 Å². The second-order valence-corrected chi connectivity index (χ2v) is 7.71. The average molecular weight is 485 g/mol. The van der Waals surface area contributed by atoms with Gasteiger partial charge in [-0.05, 0) is 59.7 Å². The number of carbonyl (C=O) groups is 1. The minimum Gasteiger partial charge on any atom is -0.493 e. The van der Waals surface area contributed by atoms with Gasteiger partial charge in [-0.1, -0.05) is 12.1 Å². The monoisotopic (exact) mass is 485 g/mol. The highest BCUT2D eigenvalue weighted by molar-refractivity contribution is 5.92. The molecule has 0 fully saturated rings. The Hall–Kier alpha value is -4.05. The van der Waals surface area contributed by atoms with Crippen LogP contribution in [0.4, 0.5) is 18.9 Å². The lowest BCUT2D eigenvalue weighted by atomic mass is 10.1. The second kappa shape index (κ2) is 9.67. The number of hydrogen-bond acceptors (Lipinski definition) is 5. The Bertz CT molecular complexity index is 1370. The fraction of sp³-hybridized carbons (Fsp3) is 0.200. The van der Waals surface area contributed by atoms with Gasteiger partial charge in [0, 0.05) is 11.4 Å². The van der Waals surface area contributed by atoms with Crippen molar-refractivity contribution in [1.82, 2.24) is 9.55 Å². The van der Waals surface area contributed by atoms with Crippen molar-refractivity contribution < 1.29 is 32.5 Å². The molecule has 10 heteroatoms. The number of aliphatic hydroxyl groups is 1. The van der Waals surface area contributed by atoms with Crippen LogP contribution in [0.2, 0.25) is 0 Å². The highest BCUT2D eigenvalue weighted by Crippen LogP contribution is 2.34. The van der Waals surface area contributed by atoms with Crippen molar-refractivity contribution in [1.29, 1.82) is 0 Å². The molecule has 182 valence electrons. The van der Waals surface area contributed by atoms with E-state index in [1.807, 2.05) is 0 Å². The molecule has 3 aromatic carbocycles. The Balaban J connectivity index is 1.57. The molecule has 0 aliphatic rings. The fourth-order valence-electron chi connectivity index (χ4n) is 3.75. The van der Waals surface area contributed by atoms with Gasteiger partial charge in [-0.2, -0.15) is 13.2 Å². The summed E-state index contributed by atoms with van der Waals surface area (Å²) in [6, 6.07) is 15.6. The van der Waals surface area contributed by atoms with Gasteiger partial charge in [-0.15, -0.1) is 0 Å². The van der Waals surface area contributed by atoms with Crippen molar-refractivity contribution in [2.45, 2.75) is 19.2 Å². The molecule has 2 N–H and O–H groups in total. The molecule has 0 bridgehead atoms. The molecule has 4 aromatic rings. The highest BCUT2D eigenvalue weighted by Gasteiger charge is 2.38. The van der Waals surface area contributed by atoms with Crippen LogP contribution in [-0.2, 0) is 24.0 Å². The van der Waals surface area contributed by atoms with Crippen molar-refractivity contribution in [2.24, 2.45) is 0 Å². The zero-order valence-corrected chi connectivity index (χ0v) is 18.9. The number of imidazole rings is 1. The van der Waals surface area contributed by atoms with Crippen LogP contribution in [0, 0.1) is 0 Å². The van der Waals surface area contributed by atoms with Crippen LogP contribution in [0.1, 0.15) is 17.0 Å².